The second-order valence-electron chi connectivity index (χ2n) is 6.78. The molecule has 0 atom stereocenters. The number of rotatable bonds is 5. The smallest absolute Gasteiger partial charge is 0.267 e. The molecule has 2 aliphatic heterocycles. The Morgan fingerprint density at radius 3 is 2.73 bits per heavy atom. The van der Waals surface area contributed by atoms with Crippen molar-refractivity contribution in [2.24, 2.45) is 0 Å². The highest BCUT2D eigenvalue weighted by Gasteiger charge is 2.20. The number of nitrogens with one attached hydrogen (secondary N) is 2. The molecule has 0 aliphatic carbocycles. The van der Waals surface area contributed by atoms with Crippen molar-refractivity contribution < 1.29 is 4.79 Å². The van der Waals surface area contributed by atoms with Crippen LogP contribution in [0.1, 0.15) is 28.9 Å². The third-order valence-corrected chi connectivity index (χ3v) is 5.23. The summed E-state index contributed by atoms with van der Waals surface area (Å²) in [6.07, 6.45) is 6.69. The van der Waals surface area contributed by atoms with Crippen molar-refractivity contribution in [2.45, 2.75) is 12.8 Å². The monoisotopic (exact) mass is 370 g/mol. The third kappa shape index (κ3) is 3.64. The number of anilines is 2. The Hall–Kier alpha value is -2.24. The SMILES string of the molecule is O=C(NCCN1CCCC1)c1cc2c([nH]1)N(c1ccc(Cl)cc1)CC=C2. The van der Waals surface area contributed by atoms with E-state index in [2.05, 4.69) is 32.3 Å². The van der Waals surface area contributed by atoms with Gasteiger partial charge in [-0.3, -0.25) is 4.79 Å². The predicted molar refractivity (Wildman–Crippen MR) is 106 cm³/mol. The lowest BCUT2D eigenvalue weighted by Crippen LogP contribution is -2.33. The molecule has 2 aliphatic rings. The summed E-state index contributed by atoms with van der Waals surface area (Å²) in [6.45, 7) is 4.65. The van der Waals surface area contributed by atoms with Crippen LogP contribution >= 0.6 is 11.6 Å². The molecule has 1 amide bonds. The molecule has 6 heteroatoms. The average molecular weight is 371 g/mol. The number of likely N-dealkylation sites (tertiary alicyclic amines) is 1. The molecule has 0 saturated carbocycles. The van der Waals surface area contributed by atoms with Crippen LogP contribution in [0.3, 0.4) is 0 Å². The molecule has 0 bridgehead atoms. The molecule has 2 aromatic rings. The molecule has 1 saturated heterocycles. The van der Waals surface area contributed by atoms with Gasteiger partial charge in [-0.05, 0) is 56.3 Å². The molecule has 2 N–H and O–H groups in total. The zero-order valence-corrected chi connectivity index (χ0v) is 15.4. The molecule has 0 unspecified atom stereocenters. The zero-order valence-electron chi connectivity index (χ0n) is 14.7. The number of benzene rings is 1. The summed E-state index contributed by atoms with van der Waals surface area (Å²) in [7, 11) is 0. The summed E-state index contributed by atoms with van der Waals surface area (Å²) < 4.78 is 0. The van der Waals surface area contributed by atoms with Gasteiger partial charge in [0.05, 0.1) is 0 Å². The van der Waals surface area contributed by atoms with Crippen molar-refractivity contribution in [3.8, 4) is 0 Å². The number of aromatic amines is 1. The van der Waals surface area contributed by atoms with Crippen LogP contribution in [0.25, 0.3) is 6.08 Å². The molecule has 3 heterocycles. The highest BCUT2D eigenvalue weighted by molar-refractivity contribution is 6.30. The number of H-pyrrole nitrogens is 1. The summed E-state index contributed by atoms with van der Waals surface area (Å²) in [5.74, 6) is 0.891. The van der Waals surface area contributed by atoms with Gasteiger partial charge < -0.3 is 20.1 Å². The lowest BCUT2D eigenvalue weighted by molar-refractivity contribution is 0.0945. The Balaban J connectivity index is 1.45. The van der Waals surface area contributed by atoms with Gasteiger partial charge in [0.25, 0.3) is 5.91 Å². The maximum atomic E-state index is 12.5. The molecule has 136 valence electrons. The molecule has 4 rings (SSSR count). The lowest BCUT2D eigenvalue weighted by Gasteiger charge is -2.25. The van der Waals surface area contributed by atoms with E-state index >= 15 is 0 Å². The minimum absolute atomic E-state index is 0.0527. The first kappa shape index (κ1) is 17.2. The molecule has 1 aromatic heterocycles. The Labute approximate surface area is 158 Å². The van der Waals surface area contributed by atoms with E-state index < -0.39 is 0 Å². The quantitative estimate of drug-likeness (QED) is 0.844. The summed E-state index contributed by atoms with van der Waals surface area (Å²) in [6, 6.07) is 9.65. The van der Waals surface area contributed by atoms with Gasteiger partial charge in [-0.15, -0.1) is 0 Å². The van der Waals surface area contributed by atoms with Crippen molar-refractivity contribution in [2.75, 3.05) is 37.6 Å². The first-order valence-electron chi connectivity index (χ1n) is 9.14. The maximum Gasteiger partial charge on any atom is 0.267 e. The number of carbonyl (C=O) groups excluding carboxylic acids is 1. The second-order valence-corrected chi connectivity index (χ2v) is 7.22. The van der Waals surface area contributed by atoms with Gasteiger partial charge in [0.2, 0.25) is 0 Å². The number of nitrogens with zero attached hydrogens (tertiary/aromatic N) is 2. The highest BCUT2D eigenvalue weighted by Crippen LogP contribution is 2.32. The van der Waals surface area contributed by atoms with Crippen LogP contribution in [0.15, 0.2) is 36.4 Å². The van der Waals surface area contributed by atoms with Crippen molar-refractivity contribution in [3.05, 3.63) is 52.7 Å². The van der Waals surface area contributed by atoms with Gasteiger partial charge in [-0.2, -0.15) is 0 Å². The fraction of sp³-hybridized carbons (Fsp3) is 0.350. The third-order valence-electron chi connectivity index (χ3n) is 4.98. The summed E-state index contributed by atoms with van der Waals surface area (Å²) in [5.41, 5.74) is 2.67. The minimum atomic E-state index is -0.0527. The van der Waals surface area contributed by atoms with Crippen LogP contribution in [-0.4, -0.2) is 48.5 Å². The molecule has 5 nitrogen and oxygen atoms in total. The number of carbonyl (C=O) groups is 1. The van der Waals surface area contributed by atoms with E-state index in [9.17, 15) is 4.79 Å². The summed E-state index contributed by atoms with van der Waals surface area (Å²) >= 11 is 6.00. The van der Waals surface area contributed by atoms with Gasteiger partial charge in [0.1, 0.15) is 11.5 Å². The van der Waals surface area contributed by atoms with Crippen molar-refractivity contribution in [1.29, 1.82) is 0 Å². The van der Waals surface area contributed by atoms with Gasteiger partial charge >= 0.3 is 0 Å². The first-order valence-corrected chi connectivity index (χ1v) is 9.52. The molecular weight excluding hydrogens is 348 g/mol. The number of halogens is 1. The number of hydrogen-bond acceptors (Lipinski definition) is 3. The molecule has 1 fully saturated rings. The molecule has 0 spiro atoms. The van der Waals surface area contributed by atoms with Gasteiger partial charge in [-0.1, -0.05) is 23.8 Å². The topological polar surface area (TPSA) is 51.4 Å². The van der Waals surface area contributed by atoms with E-state index in [1.165, 1.54) is 12.8 Å². The number of aromatic nitrogens is 1. The second kappa shape index (κ2) is 7.56. The fourth-order valence-electron chi connectivity index (χ4n) is 3.59. The number of amides is 1. The highest BCUT2D eigenvalue weighted by atomic mass is 35.5. The van der Waals surface area contributed by atoms with Gasteiger partial charge in [0, 0.05) is 35.9 Å². The maximum absolute atomic E-state index is 12.5. The zero-order chi connectivity index (χ0) is 17.9. The van der Waals surface area contributed by atoms with E-state index in [0.717, 1.165) is 43.2 Å². The standard InChI is InChI=1S/C20H23ClN4O/c21-16-5-7-17(8-6-16)25-12-3-4-15-14-18(23-19(15)25)20(26)22-9-13-24-10-1-2-11-24/h3-8,14,23H,1-2,9-13H2,(H,22,26). The van der Waals surface area contributed by atoms with E-state index in [0.29, 0.717) is 17.3 Å². The fourth-order valence-corrected chi connectivity index (χ4v) is 3.72. The van der Waals surface area contributed by atoms with E-state index in [1.807, 2.05) is 30.3 Å². The van der Waals surface area contributed by atoms with Gasteiger partial charge in [-0.25, -0.2) is 0 Å². The number of hydrogen-bond donors (Lipinski definition) is 2. The average Bonchev–Trinajstić information content (AvgIpc) is 3.31. The normalized spacial score (nSPS) is 16.7. The van der Waals surface area contributed by atoms with Crippen molar-refractivity contribution >= 4 is 35.1 Å². The van der Waals surface area contributed by atoms with Crippen molar-refractivity contribution in [1.82, 2.24) is 15.2 Å². The Morgan fingerprint density at radius 1 is 1.19 bits per heavy atom. The largest absolute Gasteiger partial charge is 0.349 e. The Morgan fingerprint density at radius 2 is 1.96 bits per heavy atom. The van der Waals surface area contributed by atoms with E-state index in [4.69, 9.17) is 11.6 Å². The van der Waals surface area contributed by atoms with E-state index in [1.54, 1.807) is 0 Å². The van der Waals surface area contributed by atoms with Crippen LogP contribution in [0, 0.1) is 0 Å². The molecule has 1 aromatic carbocycles. The predicted octanol–water partition coefficient (Wildman–Crippen LogP) is 3.66. The van der Waals surface area contributed by atoms with Gasteiger partial charge in [0.15, 0.2) is 0 Å². The summed E-state index contributed by atoms with van der Waals surface area (Å²) in [4.78, 5) is 20.3. The van der Waals surface area contributed by atoms with E-state index in [-0.39, 0.29) is 5.91 Å². The van der Waals surface area contributed by atoms with Crippen LogP contribution < -0.4 is 10.2 Å². The lowest BCUT2D eigenvalue weighted by atomic mass is 10.1. The molecule has 26 heavy (non-hydrogen) atoms. The summed E-state index contributed by atoms with van der Waals surface area (Å²) in [5, 5.41) is 3.74. The number of fused-ring (bicyclic) bond motifs is 1. The van der Waals surface area contributed by atoms with Crippen LogP contribution in [0.5, 0.6) is 0 Å². The Bertz CT molecular complexity index is 806. The Kier molecular flexibility index (Phi) is 5.00. The molecule has 0 radical (unpaired) electrons. The van der Waals surface area contributed by atoms with Crippen LogP contribution in [-0.2, 0) is 0 Å². The van der Waals surface area contributed by atoms with Crippen LogP contribution in [0.2, 0.25) is 5.02 Å². The van der Waals surface area contributed by atoms with Crippen molar-refractivity contribution in [3.63, 3.8) is 0 Å². The van der Waals surface area contributed by atoms with Crippen LogP contribution in [0.4, 0.5) is 11.5 Å². The minimum Gasteiger partial charge on any atom is -0.349 e. The molecular formula is C20H23ClN4O. The first-order chi connectivity index (χ1) is 12.7.